The quantitative estimate of drug-likeness (QED) is 0.829. The van der Waals surface area contributed by atoms with Crippen LogP contribution in [0.2, 0.25) is 0 Å². The number of rotatable bonds is 7. The van der Waals surface area contributed by atoms with Gasteiger partial charge in [0.25, 0.3) is 0 Å². The average Bonchev–Trinajstić information content (AvgIpc) is 2.88. The van der Waals surface area contributed by atoms with Crippen molar-refractivity contribution in [1.82, 2.24) is 9.88 Å². The topological polar surface area (TPSA) is 35.4 Å². The SMILES string of the molecule is CNCc1ccn(CCOc2ccc(OC)cc2)c1. The van der Waals surface area contributed by atoms with Crippen molar-refractivity contribution in [3.63, 3.8) is 0 Å². The van der Waals surface area contributed by atoms with Crippen molar-refractivity contribution in [3.05, 3.63) is 48.3 Å². The Morgan fingerprint density at radius 1 is 1.11 bits per heavy atom. The first-order chi connectivity index (χ1) is 9.31. The monoisotopic (exact) mass is 260 g/mol. The zero-order valence-corrected chi connectivity index (χ0v) is 11.4. The van der Waals surface area contributed by atoms with E-state index in [0.29, 0.717) is 6.61 Å². The largest absolute Gasteiger partial charge is 0.497 e. The second-order valence-electron chi connectivity index (χ2n) is 4.31. The van der Waals surface area contributed by atoms with Crippen molar-refractivity contribution < 1.29 is 9.47 Å². The Balaban J connectivity index is 1.78. The van der Waals surface area contributed by atoms with Gasteiger partial charge in [-0.3, -0.25) is 0 Å². The molecule has 2 rings (SSSR count). The van der Waals surface area contributed by atoms with Gasteiger partial charge < -0.3 is 19.4 Å². The number of benzene rings is 1. The summed E-state index contributed by atoms with van der Waals surface area (Å²) in [5, 5.41) is 3.13. The highest BCUT2D eigenvalue weighted by Crippen LogP contribution is 2.16. The summed E-state index contributed by atoms with van der Waals surface area (Å²) in [5.74, 6) is 1.71. The van der Waals surface area contributed by atoms with Gasteiger partial charge in [0, 0.05) is 18.9 Å². The predicted octanol–water partition coefficient (Wildman–Crippen LogP) is 2.30. The van der Waals surface area contributed by atoms with Crippen LogP contribution in [0.4, 0.5) is 0 Å². The maximum absolute atomic E-state index is 5.69. The number of nitrogens with zero attached hydrogens (tertiary/aromatic N) is 1. The second kappa shape index (κ2) is 6.85. The van der Waals surface area contributed by atoms with E-state index >= 15 is 0 Å². The van der Waals surface area contributed by atoms with Crippen LogP contribution in [0, 0.1) is 0 Å². The summed E-state index contributed by atoms with van der Waals surface area (Å²) in [6.45, 7) is 2.39. The third-order valence-electron chi connectivity index (χ3n) is 2.87. The molecule has 0 aliphatic heterocycles. The molecule has 2 aromatic rings. The fraction of sp³-hybridized carbons (Fsp3) is 0.333. The van der Waals surface area contributed by atoms with E-state index in [0.717, 1.165) is 24.6 Å². The van der Waals surface area contributed by atoms with Gasteiger partial charge in [-0.2, -0.15) is 0 Å². The summed E-state index contributed by atoms with van der Waals surface area (Å²) in [6, 6.07) is 9.75. The van der Waals surface area contributed by atoms with Crippen LogP contribution in [0.5, 0.6) is 11.5 Å². The Kier molecular flexibility index (Phi) is 4.86. The summed E-state index contributed by atoms with van der Waals surface area (Å²) in [6.07, 6.45) is 4.21. The molecule has 0 unspecified atom stereocenters. The van der Waals surface area contributed by atoms with Crippen LogP contribution in [0.25, 0.3) is 0 Å². The van der Waals surface area contributed by atoms with E-state index in [2.05, 4.69) is 28.3 Å². The van der Waals surface area contributed by atoms with Crippen LogP contribution in [0.3, 0.4) is 0 Å². The average molecular weight is 260 g/mol. The summed E-state index contributed by atoms with van der Waals surface area (Å²) in [7, 11) is 3.61. The van der Waals surface area contributed by atoms with Crippen LogP contribution >= 0.6 is 0 Å². The third-order valence-corrected chi connectivity index (χ3v) is 2.87. The molecule has 1 N–H and O–H groups in total. The fourth-order valence-corrected chi connectivity index (χ4v) is 1.88. The molecule has 0 bridgehead atoms. The molecule has 0 radical (unpaired) electrons. The normalized spacial score (nSPS) is 10.4. The molecule has 4 heteroatoms. The van der Waals surface area contributed by atoms with Gasteiger partial charge in [0.15, 0.2) is 0 Å². The zero-order valence-electron chi connectivity index (χ0n) is 11.4. The molecule has 0 saturated heterocycles. The summed E-state index contributed by atoms with van der Waals surface area (Å²) in [5.41, 5.74) is 1.28. The number of nitrogens with one attached hydrogen (secondary N) is 1. The van der Waals surface area contributed by atoms with E-state index in [4.69, 9.17) is 9.47 Å². The van der Waals surface area contributed by atoms with Gasteiger partial charge in [-0.05, 0) is 42.9 Å². The fourth-order valence-electron chi connectivity index (χ4n) is 1.88. The molecule has 1 aromatic carbocycles. The van der Waals surface area contributed by atoms with Gasteiger partial charge in [0.1, 0.15) is 18.1 Å². The van der Waals surface area contributed by atoms with E-state index in [-0.39, 0.29) is 0 Å². The molecule has 1 heterocycles. The van der Waals surface area contributed by atoms with Crippen molar-refractivity contribution >= 4 is 0 Å². The van der Waals surface area contributed by atoms with E-state index in [1.807, 2.05) is 31.3 Å². The molecule has 0 saturated carbocycles. The molecule has 0 atom stereocenters. The van der Waals surface area contributed by atoms with Gasteiger partial charge in [-0.1, -0.05) is 0 Å². The van der Waals surface area contributed by atoms with Gasteiger partial charge >= 0.3 is 0 Å². The lowest BCUT2D eigenvalue weighted by molar-refractivity contribution is 0.298. The van der Waals surface area contributed by atoms with Crippen molar-refractivity contribution in [2.75, 3.05) is 20.8 Å². The lowest BCUT2D eigenvalue weighted by atomic mass is 10.3. The molecule has 19 heavy (non-hydrogen) atoms. The molecule has 102 valence electrons. The minimum atomic E-state index is 0.653. The predicted molar refractivity (Wildman–Crippen MR) is 75.7 cm³/mol. The van der Waals surface area contributed by atoms with Crippen LogP contribution in [0.1, 0.15) is 5.56 Å². The molecule has 4 nitrogen and oxygen atoms in total. The minimum Gasteiger partial charge on any atom is -0.497 e. The van der Waals surface area contributed by atoms with Gasteiger partial charge in [0.2, 0.25) is 0 Å². The highest BCUT2D eigenvalue weighted by Gasteiger charge is 1.98. The Hall–Kier alpha value is -1.94. The van der Waals surface area contributed by atoms with Crippen LogP contribution < -0.4 is 14.8 Å². The Morgan fingerprint density at radius 2 is 1.84 bits per heavy atom. The van der Waals surface area contributed by atoms with Crippen molar-refractivity contribution in [2.45, 2.75) is 13.1 Å². The van der Waals surface area contributed by atoms with E-state index < -0.39 is 0 Å². The smallest absolute Gasteiger partial charge is 0.119 e. The van der Waals surface area contributed by atoms with E-state index in [1.54, 1.807) is 7.11 Å². The maximum atomic E-state index is 5.69. The van der Waals surface area contributed by atoms with Crippen molar-refractivity contribution in [1.29, 1.82) is 0 Å². The number of ether oxygens (including phenoxy) is 2. The van der Waals surface area contributed by atoms with Gasteiger partial charge in [-0.25, -0.2) is 0 Å². The lowest BCUT2D eigenvalue weighted by Gasteiger charge is -2.07. The zero-order chi connectivity index (χ0) is 13.5. The Morgan fingerprint density at radius 3 is 2.53 bits per heavy atom. The third kappa shape index (κ3) is 4.03. The first-order valence-electron chi connectivity index (χ1n) is 6.38. The van der Waals surface area contributed by atoms with Gasteiger partial charge in [0.05, 0.1) is 13.7 Å². The van der Waals surface area contributed by atoms with Crippen LogP contribution in [0.15, 0.2) is 42.7 Å². The number of aromatic nitrogens is 1. The summed E-state index contributed by atoms with van der Waals surface area (Å²) < 4.78 is 12.9. The number of hydrogen-bond donors (Lipinski definition) is 1. The molecule has 0 fully saturated rings. The highest BCUT2D eigenvalue weighted by atomic mass is 16.5. The van der Waals surface area contributed by atoms with Crippen molar-refractivity contribution in [3.8, 4) is 11.5 Å². The van der Waals surface area contributed by atoms with Crippen LogP contribution in [-0.2, 0) is 13.1 Å². The molecule has 0 spiro atoms. The second-order valence-corrected chi connectivity index (χ2v) is 4.31. The van der Waals surface area contributed by atoms with Crippen molar-refractivity contribution in [2.24, 2.45) is 0 Å². The minimum absolute atomic E-state index is 0.653. The Bertz CT molecular complexity index is 491. The van der Waals surface area contributed by atoms with Crippen LogP contribution in [-0.4, -0.2) is 25.3 Å². The lowest BCUT2D eigenvalue weighted by Crippen LogP contribution is -2.07. The van der Waals surface area contributed by atoms with E-state index in [1.165, 1.54) is 5.56 Å². The number of hydrogen-bond acceptors (Lipinski definition) is 3. The summed E-state index contributed by atoms with van der Waals surface area (Å²) in [4.78, 5) is 0. The standard InChI is InChI=1S/C15H20N2O2/c1-16-11-13-7-8-17(12-13)9-10-19-15-5-3-14(18-2)4-6-15/h3-8,12,16H,9-11H2,1-2H3. The van der Waals surface area contributed by atoms with Gasteiger partial charge in [-0.15, -0.1) is 0 Å². The Labute approximate surface area is 114 Å². The highest BCUT2D eigenvalue weighted by molar-refractivity contribution is 5.31. The molecule has 1 aromatic heterocycles. The first kappa shape index (κ1) is 13.5. The molecular formula is C15H20N2O2. The molecule has 0 aliphatic rings. The number of methoxy groups -OCH3 is 1. The maximum Gasteiger partial charge on any atom is 0.119 e. The molecule has 0 aliphatic carbocycles. The molecule has 0 amide bonds. The van der Waals surface area contributed by atoms with E-state index in [9.17, 15) is 0 Å². The summed E-state index contributed by atoms with van der Waals surface area (Å²) >= 11 is 0. The molecular weight excluding hydrogens is 240 g/mol. The first-order valence-corrected chi connectivity index (χ1v) is 6.38.